The van der Waals surface area contributed by atoms with Gasteiger partial charge >= 0.3 is 0 Å². The van der Waals surface area contributed by atoms with Crippen LogP contribution in [0.3, 0.4) is 0 Å². The lowest BCUT2D eigenvalue weighted by Crippen LogP contribution is -2.22. The summed E-state index contributed by atoms with van der Waals surface area (Å²) >= 11 is 0. The van der Waals surface area contributed by atoms with Crippen molar-refractivity contribution in [3.8, 4) is 17.2 Å². The van der Waals surface area contributed by atoms with Crippen molar-refractivity contribution in [1.29, 1.82) is 5.41 Å². The molecule has 6 heteroatoms. The zero-order chi connectivity index (χ0) is 19.6. The molecule has 0 radical (unpaired) electrons. The number of hydrogen-bond donors (Lipinski definition) is 3. The Kier molecular flexibility index (Phi) is 7.70. The highest BCUT2D eigenvalue weighted by Gasteiger charge is 2.11. The summed E-state index contributed by atoms with van der Waals surface area (Å²) in [6, 6.07) is 13.4. The minimum absolute atomic E-state index is 0.514. The van der Waals surface area contributed by atoms with E-state index in [1.165, 1.54) is 6.21 Å². The number of nitrogens with two attached hydrogens (primary N) is 1. The van der Waals surface area contributed by atoms with Crippen molar-refractivity contribution in [3.63, 3.8) is 0 Å². The maximum absolute atomic E-state index is 7.65. The summed E-state index contributed by atoms with van der Waals surface area (Å²) in [6.45, 7) is 1.21. The SMILES string of the molecule is COc1cc(OC)c(OC)cc1CCNC/C(C=N)=C(/N)c1ccccc1. The third kappa shape index (κ3) is 5.24. The Labute approximate surface area is 160 Å². The van der Waals surface area contributed by atoms with Crippen molar-refractivity contribution in [2.24, 2.45) is 5.73 Å². The maximum Gasteiger partial charge on any atom is 0.164 e. The van der Waals surface area contributed by atoms with E-state index in [0.29, 0.717) is 30.3 Å². The van der Waals surface area contributed by atoms with E-state index in [1.807, 2.05) is 42.5 Å². The Hall–Kier alpha value is -2.99. The topological polar surface area (TPSA) is 89.6 Å². The molecule has 0 fully saturated rings. The molecule has 0 aliphatic rings. The molecule has 0 bridgehead atoms. The minimum atomic E-state index is 0.514. The highest BCUT2D eigenvalue weighted by atomic mass is 16.5. The second-order valence-electron chi connectivity index (χ2n) is 5.90. The maximum atomic E-state index is 7.65. The first kappa shape index (κ1) is 20.3. The van der Waals surface area contributed by atoms with Crippen LogP contribution in [0.1, 0.15) is 11.1 Å². The highest BCUT2D eigenvalue weighted by molar-refractivity contribution is 5.88. The normalized spacial score (nSPS) is 11.5. The molecule has 0 saturated heterocycles. The molecule has 0 spiro atoms. The Bertz CT molecular complexity index is 789. The number of nitrogens with one attached hydrogen (secondary N) is 2. The van der Waals surface area contributed by atoms with Crippen molar-refractivity contribution >= 4 is 11.9 Å². The molecule has 0 heterocycles. The van der Waals surface area contributed by atoms with Gasteiger partial charge < -0.3 is 30.7 Å². The van der Waals surface area contributed by atoms with Crippen LogP contribution in [-0.2, 0) is 6.42 Å². The Morgan fingerprint density at radius 1 is 1.00 bits per heavy atom. The zero-order valence-electron chi connectivity index (χ0n) is 16.0. The van der Waals surface area contributed by atoms with Gasteiger partial charge in [-0.2, -0.15) is 0 Å². The van der Waals surface area contributed by atoms with E-state index in [-0.39, 0.29) is 0 Å². The fourth-order valence-corrected chi connectivity index (χ4v) is 2.76. The monoisotopic (exact) mass is 369 g/mol. The Morgan fingerprint density at radius 2 is 1.63 bits per heavy atom. The second-order valence-corrected chi connectivity index (χ2v) is 5.90. The molecule has 0 unspecified atom stereocenters. The molecule has 6 nitrogen and oxygen atoms in total. The van der Waals surface area contributed by atoms with Crippen LogP contribution >= 0.6 is 0 Å². The van der Waals surface area contributed by atoms with Gasteiger partial charge in [0, 0.05) is 30.1 Å². The van der Waals surface area contributed by atoms with Gasteiger partial charge in [0.2, 0.25) is 0 Å². The number of methoxy groups -OCH3 is 3. The minimum Gasteiger partial charge on any atom is -0.496 e. The molecule has 0 amide bonds. The predicted molar refractivity (Wildman–Crippen MR) is 109 cm³/mol. The summed E-state index contributed by atoms with van der Waals surface area (Å²) in [6.07, 6.45) is 2.03. The van der Waals surface area contributed by atoms with E-state index in [4.69, 9.17) is 25.4 Å². The molecule has 0 saturated carbocycles. The summed E-state index contributed by atoms with van der Waals surface area (Å²) in [5.74, 6) is 2.05. The van der Waals surface area contributed by atoms with Gasteiger partial charge in [-0.15, -0.1) is 0 Å². The largest absolute Gasteiger partial charge is 0.496 e. The third-order valence-electron chi connectivity index (χ3n) is 4.28. The quantitative estimate of drug-likeness (QED) is 0.443. The van der Waals surface area contributed by atoms with E-state index in [9.17, 15) is 0 Å². The molecule has 2 rings (SSSR count). The molecule has 0 aromatic heterocycles. The van der Waals surface area contributed by atoms with Gasteiger partial charge in [0.05, 0.1) is 21.3 Å². The molecule has 144 valence electrons. The van der Waals surface area contributed by atoms with Crippen molar-refractivity contribution in [2.45, 2.75) is 6.42 Å². The van der Waals surface area contributed by atoms with E-state index >= 15 is 0 Å². The Balaban J connectivity index is 2.02. The first-order valence-corrected chi connectivity index (χ1v) is 8.68. The second kappa shape index (κ2) is 10.2. The van der Waals surface area contributed by atoms with Crippen molar-refractivity contribution in [3.05, 3.63) is 59.2 Å². The van der Waals surface area contributed by atoms with Gasteiger partial charge in [0.25, 0.3) is 0 Å². The summed E-state index contributed by atoms with van der Waals surface area (Å²) < 4.78 is 16.1. The number of rotatable bonds is 10. The molecule has 0 atom stereocenters. The van der Waals surface area contributed by atoms with Crippen molar-refractivity contribution in [1.82, 2.24) is 5.32 Å². The van der Waals surface area contributed by atoms with Crippen LogP contribution < -0.4 is 25.3 Å². The molecule has 2 aromatic carbocycles. The molecule has 0 aliphatic heterocycles. The van der Waals surface area contributed by atoms with Crippen LogP contribution in [0.15, 0.2) is 48.0 Å². The Morgan fingerprint density at radius 3 is 2.22 bits per heavy atom. The van der Waals surface area contributed by atoms with E-state index in [2.05, 4.69) is 5.32 Å². The van der Waals surface area contributed by atoms with Gasteiger partial charge in [-0.05, 0) is 30.2 Å². The smallest absolute Gasteiger partial charge is 0.164 e. The lowest BCUT2D eigenvalue weighted by atomic mass is 10.1. The van der Waals surface area contributed by atoms with Gasteiger partial charge in [0.15, 0.2) is 11.5 Å². The van der Waals surface area contributed by atoms with Gasteiger partial charge in [0.1, 0.15) is 5.75 Å². The lowest BCUT2D eigenvalue weighted by Gasteiger charge is -2.15. The summed E-state index contributed by atoms with van der Waals surface area (Å²) in [5, 5.41) is 11.0. The van der Waals surface area contributed by atoms with E-state index < -0.39 is 0 Å². The number of hydrogen-bond acceptors (Lipinski definition) is 6. The highest BCUT2D eigenvalue weighted by Crippen LogP contribution is 2.34. The predicted octanol–water partition coefficient (Wildman–Crippen LogP) is 2.86. The van der Waals surface area contributed by atoms with Gasteiger partial charge in [-0.25, -0.2) is 0 Å². The first-order valence-electron chi connectivity index (χ1n) is 8.68. The zero-order valence-corrected chi connectivity index (χ0v) is 16.0. The van der Waals surface area contributed by atoms with Crippen LogP contribution in [0.2, 0.25) is 0 Å². The first-order chi connectivity index (χ1) is 13.1. The lowest BCUT2D eigenvalue weighted by molar-refractivity contribution is 0.347. The standard InChI is InChI=1S/C21H27N3O3/c1-25-18-12-20(27-3)19(26-2)11-16(18)9-10-24-14-17(13-22)21(23)15-7-5-4-6-8-15/h4-8,11-13,22,24H,9-10,14,23H2,1-3H3/b21-17+,22-13?. The van der Waals surface area contributed by atoms with Crippen LogP contribution in [0.25, 0.3) is 5.70 Å². The van der Waals surface area contributed by atoms with Crippen LogP contribution in [0.5, 0.6) is 17.2 Å². The summed E-state index contributed by atoms with van der Waals surface area (Å²) in [7, 11) is 4.84. The van der Waals surface area contributed by atoms with Crippen LogP contribution in [0, 0.1) is 5.41 Å². The summed E-state index contributed by atoms with van der Waals surface area (Å²) in [4.78, 5) is 0. The van der Waals surface area contributed by atoms with Gasteiger partial charge in [-0.3, -0.25) is 0 Å². The molecule has 4 N–H and O–H groups in total. The average Bonchev–Trinajstić information content (AvgIpc) is 2.73. The molecule has 2 aromatic rings. The average molecular weight is 369 g/mol. The van der Waals surface area contributed by atoms with Crippen LogP contribution in [-0.4, -0.2) is 40.6 Å². The van der Waals surface area contributed by atoms with E-state index in [1.54, 1.807) is 21.3 Å². The number of ether oxygens (including phenoxy) is 3. The van der Waals surface area contributed by atoms with Crippen molar-refractivity contribution < 1.29 is 14.2 Å². The van der Waals surface area contributed by atoms with Crippen molar-refractivity contribution in [2.75, 3.05) is 34.4 Å². The fourth-order valence-electron chi connectivity index (χ4n) is 2.76. The van der Waals surface area contributed by atoms with Crippen LogP contribution in [0.4, 0.5) is 0 Å². The molecular weight excluding hydrogens is 342 g/mol. The third-order valence-corrected chi connectivity index (χ3v) is 4.28. The fraction of sp³-hybridized carbons (Fsp3) is 0.286. The summed E-state index contributed by atoms with van der Waals surface area (Å²) in [5.41, 5.74) is 9.49. The number of benzene rings is 2. The van der Waals surface area contributed by atoms with E-state index in [0.717, 1.165) is 28.9 Å². The molecule has 0 aliphatic carbocycles. The molecule has 27 heavy (non-hydrogen) atoms. The van der Waals surface area contributed by atoms with Gasteiger partial charge in [-0.1, -0.05) is 30.3 Å². The molecular formula is C21H27N3O3.